The molecular weight excluding hydrogens is 336 g/mol. The summed E-state index contributed by atoms with van der Waals surface area (Å²) in [5.41, 5.74) is 5.29. The fraction of sp³-hybridized carbons (Fsp3) is 0.0588. The van der Waals surface area contributed by atoms with Crippen molar-refractivity contribution in [2.45, 2.75) is 6.18 Å². The predicted octanol–water partition coefficient (Wildman–Crippen LogP) is 4.15. The van der Waals surface area contributed by atoms with Gasteiger partial charge in [0.1, 0.15) is 29.0 Å². The van der Waals surface area contributed by atoms with E-state index in [1.165, 1.54) is 30.3 Å². The molecule has 0 unspecified atom stereocenters. The Morgan fingerprint density at radius 2 is 1.80 bits per heavy atom. The lowest BCUT2D eigenvalue weighted by Crippen LogP contribution is -2.04. The first-order valence-corrected chi connectivity index (χ1v) is 7.03. The number of halogens is 4. The molecule has 0 saturated heterocycles. The lowest BCUT2D eigenvalue weighted by Gasteiger charge is -2.07. The zero-order valence-electron chi connectivity index (χ0n) is 12.5. The van der Waals surface area contributed by atoms with Crippen LogP contribution in [0, 0.1) is 17.1 Å². The molecule has 3 rings (SSSR count). The predicted molar refractivity (Wildman–Crippen MR) is 83.1 cm³/mol. The van der Waals surface area contributed by atoms with E-state index in [9.17, 15) is 22.8 Å². The van der Waals surface area contributed by atoms with Gasteiger partial charge in [-0.25, -0.2) is 9.07 Å². The van der Waals surface area contributed by atoms with Crippen LogP contribution in [-0.2, 0) is 6.18 Å². The van der Waals surface area contributed by atoms with Crippen molar-refractivity contribution in [3.05, 3.63) is 65.5 Å². The molecular formula is C17H10F4N4. The number of hydrogen-bond acceptors (Lipinski definition) is 3. The van der Waals surface area contributed by atoms with Gasteiger partial charge in [-0.3, -0.25) is 0 Å². The van der Waals surface area contributed by atoms with Gasteiger partial charge >= 0.3 is 6.18 Å². The molecule has 0 fully saturated rings. The van der Waals surface area contributed by atoms with E-state index < -0.39 is 17.6 Å². The van der Waals surface area contributed by atoms with E-state index in [1.54, 1.807) is 0 Å². The van der Waals surface area contributed by atoms with E-state index in [1.807, 2.05) is 6.07 Å². The zero-order valence-corrected chi connectivity index (χ0v) is 12.5. The Labute approximate surface area is 139 Å². The van der Waals surface area contributed by atoms with Crippen LogP contribution in [0.5, 0.6) is 0 Å². The summed E-state index contributed by atoms with van der Waals surface area (Å²) in [5, 5.41) is 13.4. The Bertz CT molecular complexity index is 983. The van der Waals surface area contributed by atoms with Gasteiger partial charge in [0.15, 0.2) is 0 Å². The normalized spacial score (nSPS) is 11.3. The van der Waals surface area contributed by atoms with Gasteiger partial charge in [0.05, 0.1) is 11.3 Å². The number of hydrogen-bond donors (Lipinski definition) is 1. The summed E-state index contributed by atoms with van der Waals surface area (Å²) in [6, 6.07) is 11.6. The number of alkyl halides is 3. The fourth-order valence-electron chi connectivity index (χ4n) is 2.39. The maximum atomic E-state index is 13.4. The summed E-state index contributed by atoms with van der Waals surface area (Å²) in [5.74, 6) is -0.618. The molecule has 8 heteroatoms. The Morgan fingerprint density at radius 1 is 1.08 bits per heavy atom. The molecule has 3 aromatic rings. The van der Waals surface area contributed by atoms with Crippen molar-refractivity contribution in [1.82, 2.24) is 9.78 Å². The lowest BCUT2D eigenvalue weighted by molar-refractivity contribution is -0.137. The maximum Gasteiger partial charge on any atom is 0.416 e. The van der Waals surface area contributed by atoms with Crippen LogP contribution in [0.2, 0.25) is 0 Å². The van der Waals surface area contributed by atoms with Crippen LogP contribution in [0.1, 0.15) is 11.1 Å². The van der Waals surface area contributed by atoms with Crippen molar-refractivity contribution in [2.24, 2.45) is 0 Å². The quantitative estimate of drug-likeness (QED) is 0.709. The third-order valence-electron chi connectivity index (χ3n) is 3.55. The fourth-order valence-corrected chi connectivity index (χ4v) is 2.39. The van der Waals surface area contributed by atoms with Crippen molar-refractivity contribution < 1.29 is 17.6 Å². The zero-order chi connectivity index (χ0) is 18.2. The number of rotatable bonds is 2. The van der Waals surface area contributed by atoms with Crippen LogP contribution in [0.4, 0.5) is 23.4 Å². The first kappa shape index (κ1) is 16.5. The largest absolute Gasteiger partial charge is 0.416 e. The van der Waals surface area contributed by atoms with E-state index >= 15 is 0 Å². The summed E-state index contributed by atoms with van der Waals surface area (Å²) in [4.78, 5) is 0. The van der Waals surface area contributed by atoms with Gasteiger partial charge < -0.3 is 5.73 Å². The number of aromatic nitrogens is 2. The minimum atomic E-state index is -4.53. The lowest BCUT2D eigenvalue weighted by atomic mass is 10.0. The van der Waals surface area contributed by atoms with Crippen LogP contribution in [-0.4, -0.2) is 9.78 Å². The monoisotopic (exact) mass is 346 g/mol. The van der Waals surface area contributed by atoms with Crippen LogP contribution in [0.25, 0.3) is 16.9 Å². The van der Waals surface area contributed by atoms with Gasteiger partial charge in [-0.2, -0.15) is 23.5 Å². The van der Waals surface area contributed by atoms with Crippen LogP contribution >= 0.6 is 0 Å². The third-order valence-corrected chi connectivity index (χ3v) is 3.55. The Kier molecular flexibility index (Phi) is 3.93. The molecule has 4 nitrogen and oxygen atoms in total. The highest BCUT2D eigenvalue weighted by atomic mass is 19.4. The highest BCUT2D eigenvalue weighted by molar-refractivity contribution is 5.74. The molecule has 0 atom stereocenters. The molecule has 0 aliphatic heterocycles. The topological polar surface area (TPSA) is 67.6 Å². The van der Waals surface area contributed by atoms with Crippen LogP contribution < -0.4 is 5.73 Å². The second-order valence-electron chi connectivity index (χ2n) is 5.19. The molecule has 126 valence electrons. The van der Waals surface area contributed by atoms with Crippen molar-refractivity contribution in [1.29, 1.82) is 5.26 Å². The summed E-state index contributed by atoms with van der Waals surface area (Å²) in [6.07, 6.45) is -4.53. The second kappa shape index (κ2) is 5.94. The minimum Gasteiger partial charge on any atom is -0.382 e. The molecule has 0 bridgehead atoms. The van der Waals surface area contributed by atoms with Crippen molar-refractivity contribution >= 4 is 5.82 Å². The van der Waals surface area contributed by atoms with Gasteiger partial charge in [-0.15, -0.1) is 0 Å². The molecule has 25 heavy (non-hydrogen) atoms. The van der Waals surface area contributed by atoms with Crippen molar-refractivity contribution in [3.8, 4) is 23.0 Å². The highest BCUT2D eigenvalue weighted by Crippen LogP contribution is 2.34. The maximum absolute atomic E-state index is 13.4. The molecule has 0 aliphatic rings. The minimum absolute atomic E-state index is 0.00430. The van der Waals surface area contributed by atoms with Gasteiger partial charge in [0.25, 0.3) is 0 Å². The number of nitrogen functional groups attached to an aromatic ring is 1. The summed E-state index contributed by atoms with van der Waals surface area (Å²) < 4.78 is 53.2. The Hall–Kier alpha value is -3.34. The molecule has 1 heterocycles. The van der Waals surface area contributed by atoms with E-state index in [0.717, 1.165) is 22.9 Å². The Morgan fingerprint density at radius 3 is 2.44 bits per heavy atom. The SMILES string of the molecule is N#Cc1c(-c2cccc(C(F)(F)F)c2)nn(-c2cccc(F)c2)c1N. The molecule has 1 aromatic heterocycles. The standard InChI is InChI=1S/C17H10F4N4/c18-12-5-2-6-13(8-12)25-16(23)14(9-22)15(24-25)10-3-1-4-11(7-10)17(19,20)21/h1-8H,23H2. The van der Waals surface area contributed by atoms with Crippen molar-refractivity contribution in [2.75, 3.05) is 5.73 Å². The van der Waals surface area contributed by atoms with Crippen LogP contribution in [0.15, 0.2) is 48.5 Å². The number of nitrogens with two attached hydrogens (primary N) is 1. The first-order valence-electron chi connectivity index (χ1n) is 7.03. The average molecular weight is 346 g/mol. The molecule has 2 N–H and O–H groups in total. The molecule has 0 radical (unpaired) electrons. The molecule has 2 aromatic carbocycles. The smallest absolute Gasteiger partial charge is 0.382 e. The van der Waals surface area contributed by atoms with Crippen molar-refractivity contribution in [3.63, 3.8) is 0 Å². The van der Waals surface area contributed by atoms with Gasteiger partial charge in [-0.1, -0.05) is 18.2 Å². The molecule has 0 amide bonds. The second-order valence-corrected chi connectivity index (χ2v) is 5.19. The molecule has 0 saturated carbocycles. The number of anilines is 1. The highest BCUT2D eigenvalue weighted by Gasteiger charge is 2.31. The summed E-state index contributed by atoms with van der Waals surface area (Å²) in [7, 11) is 0. The number of nitriles is 1. The summed E-state index contributed by atoms with van der Waals surface area (Å²) >= 11 is 0. The number of nitrogens with zero attached hydrogens (tertiary/aromatic N) is 3. The van der Waals surface area contributed by atoms with E-state index in [0.29, 0.717) is 0 Å². The average Bonchev–Trinajstić information content (AvgIpc) is 2.91. The van der Waals surface area contributed by atoms with E-state index in [4.69, 9.17) is 5.73 Å². The summed E-state index contributed by atoms with van der Waals surface area (Å²) in [6.45, 7) is 0. The van der Waals surface area contributed by atoms with Gasteiger partial charge in [0, 0.05) is 5.56 Å². The van der Waals surface area contributed by atoms with Gasteiger partial charge in [0.2, 0.25) is 0 Å². The third kappa shape index (κ3) is 3.04. The van der Waals surface area contributed by atoms with E-state index in [2.05, 4.69) is 5.10 Å². The van der Waals surface area contributed by atoms with Gasteiger partial charge in [-0.05, 0) is 30.3 Å². The van der Waals surface area contributed by atoms with E-state index in [-0.39, 0.29) is 28.3 Å². The number of benzene rings is 2. The molecule has 0 spiro atoms. The molecule has 0 aliphatic carbocycles. The first-order chi connectivity index (χ1) is 11.8. The van der Waals surface area contributed by atoms with Crippen LogP contribution in [0.3, 0.4) is 0 Å². The Balaban J connectivity index is 2.19.